The molecular weight excluding hydrogens is 192 g/mol. The van der Waals surface area contributed by atoms with Crippen LogP contribution in [0.25, 0.3) is 0 Å². The lowest BCUT2D eigenvalue weighted by molar-refractivity contribution is 0.289. The Morgan fingerprint density at radius 2 is 1.87 bits per heavy atom. The van der Waals surface area contributed by atoms with Crippen molar-refractivity contribution in [1.82, 2.24) is 5.32 Å². The Hall–Kier alpha value is -1.36. The van der Waals surface area contributed by atoms with Crippen LogP contribution in [-0.2, 0) is 4.74 Å². The van der Waals surface area contributed by atoms with Crippen LogP contribution in [0.15, 0.2) is 23.4 Å². The molecule has 0 aliphatic carbocycles. The fourth-order valence-corrected chi connectivity index (χ4v) is 1.75. The minimum atomic E-state index is 0.212. The number of nitrogens with one attached hydrogen (secondary N) is 1. The molecular formula is C10H20N4O. The molecule has 0 unspecified atom stereocenters. The second-order valence-corrected chi connectivity index (χ2v) is 3.69. The van der Waals surface area contributed by atoms with Crippen LogP contribution in [0.1, 0.15) is 12.8 Å². The van der Waals surface area contributed by atoms with E-state index >= 15 is 0 Å². The molecule has 0 saturated carbocycles. The fraction of sp³-hybridized carbons (Fsp3) is 0.600. The lowest BCUT2D eigenvalue weighted by Gasteiger charge is -2.24. The highest BCUT2D eigenvalue weighted by Gasteiger charge is 2.18. The van der Waals surface area contributed by atoms with E-state index < -0.39 is 0 Å². The van der Waals surface area contributed by atoms with Crippen LogP contribution < -0.4 is 22.5 Å². The maximum Gasteiger partial charge on any atom is 0.141 e. The van der Waals surface area contributed by atoms with E-state index in [9.17, 15) is 0 Å². The Balaban J connectivity index is 2.78. The molecule has 0 spiro atoms. The molecule has 0 bridgehead atoms. The third-order valence-corrected chi connectivity index (χ3v) is 2.58. The lowest BCUT2D eigenvalue weighted by Crippen LogP contribution is -2.31. The minimum absolute atomic E-state index is 0.212. The summed E-state index contributed by atoms with van der Waals surface area (Å²) < 4.78 is 5.17. The van der Waals surface area contributed by atoms with Crippen molar-refractivity contribution >= 4 is 0 Å². The third-order valence-electron chi connectivity index (χ3n) is 2.58. The van der Waals surface area contributed by atoms with E-state index in [0.29, 0.717) is 11.7 Å². The van der Waals surface area contributed by atoms with E-state index in [1.165, 1.54) is 0 Å². The number of ether oxygens (including phenoxy) is 1. The maximum atomic E-state index is 6.02. The van der Waals surface area contributed by atoms with Crippen molar-refractivity contribution in [2.45, 2.75) is 12.8 Å². The highest BCUT2D eigenvalue weighted by Crippen LogP contribution is 2.21. The molecule has 0 aromatic carbocycles. The molecule has 5 heteroatoms. The topological polar surface area (TPSA) is 99.3 Å². The van der Waals surface area contributed by atoms with Gasteiger partial charge in [0.15, 0.2) is 0 Å². The molecule has 1 aliphatic rings. The van der Waals surface area contributed by atoms with Crippen molar-refractivity contribution in [3.63, 3.8) is 0 Å². The summed E-state index contributed by atoms with van der Waals surface area (Å²) in [5.41, 5.74) is 17.6. The molecule has 1 fully saturated rings. The maximum absolute atomic E-state index is 6.02. The Kier molecular flexibility index (Phi) is 4.30. The van der Waals surface area contributed by atoms with Crippen LogP contribution in [0.4, 0.5) is 0 Å². The zero-order valence-electron chi connectivity index (χ0n) is 9.12. The van der Waals surface area contributed by atoms with E-state index in [2.05, 4.69) is 5.32 Å². The summed E-state index contributed by atoms with van der Waals surface area (Å²) in [4.78, 5) is 0. The number of hydrogen-bond acceptors (Lipinski definition) is 5. The molecule has 1 saturated heterocycles. The van der Waals surface area contributed by atoms with Gasteiger partial charge < -0.3 is 27.3 Å². The molecule has 0 aromatic rings. The smallest absolute Gasteiger partial charge is 0.141 e. The molecule has 0 radical (unpaired) electrons. The SMILES string of the molecule is CO/C(C=C(N)N)=C(/N)C1CCNCC1. The molecule has 7 N–H and O–H groups in total. The number of nitrogens with two attached hydrogens (primary N) is 3. The van der Waals surface area contributed by atoms with Gasteiger partial charge in [-0.05, 0) is 25.9 Å². The summed E-state index contributed by atoms with van der Waals surface area (Å²) >= 11 is 0. The third kappa shape index (κ3) is 3.36. The second kappa shape index (κ2) is 5.50. The van der Waals surface area contributed by atoms with Crippen LogP contribution in [-0.4, -0.2) is 20.2 Å². The first-order valence-corrected chi connectivity index (χ1v) is 5.12. The van der Waals surface area contributed by atoms with Crippen LogP contribution in [0, 0.1) is 5.92 Å². The standard InChI is InChI=1S/C10H20N4O/c1-15-8(6-9(11)12)10(13)7-2-4-14-5-3-7/h6-7,14H,2-5,11-13H2,1H3/b10-8+. The van der Waals surface area contributed by atoms with Crippen LogP contribution in [0.2, 0.25) is 0 Å². The molecule has 5 nitrogen and oxygen atoms in total. The average Bonchev–Trinajstić information content (AvgIpc) is 2.26. The normalized spacial score (nSPS) is 19.3. The van der Waals surface area contributed by atoms with Crippen LogP contribution >= 0.6 is 0 Å². The highest BCUT2D eigenvalue weighted by molar-refractivity contribution is 5.22. The summed E-state index contributed by atoms with van der Waals surface area (Å²) in [5.74, 6) is 1.16. The van der Waals surface area contributed by atoms with Gasteiger partial charge in [0, 0.05) is 12.0 Å². The largest absolute Gasteiger partial charge is 0.495 e. The van der Waals surface area contributed by atoms with Crippen molar-refractivity contribution in [2.75, 3.05) is 20.2 Å². The Bertz CT molecular complexity index is 263. The first kappa shape index (κ1) is 11.7. The van der Waals surface area contributed by atoms with Gasteiger partial charge in [-0.2, -0.15) is 0 Å². The first-order valence-electron chi connectivity index (χ1n) is 5.12. The van der Waals surface area contributed by atoms with Gasteiger partial charge in [-0.1, -0.05) is 0 Å². The number of hydrogen-bond donors (Lipinski definition) is 4. The molecule has 0 atom stereocenters. The van der Waals surface area contributed by atoms with Gasteiger partial charge in [0.05, 0.1) is 18.6 Å². The van der Waals surface area contributed by atoms with Gasteiger partial charge >= 0.3 is 0 Å². The van der Waals surface area contributed by atoms with E-state index in [-0.39, 0.29) is 5.82 Å². The molecule has 0 aromatic heterocycles. The van der Waals surface area contributed by atoms with Crippen LogP contribution in [0.5, 0.6) is 0 Å². The van der Waals surface area contributed by atoms with E-state index in [1.807, 2.05) is 0 Å². The van der Waals surface area contributed by atoms with Crippen molar-refractivity contribution in [3.05, 3.63) is 23.4 Å². The molecule has 86 valence electrons. The Labute approximate surface area is 90.3 Å². The van der Waals surface area contributed by atoms with Gasteiger partial charge in [-0.3, -0.25) is 0 Å². The molecule has 0 amide bonds. The fourth-order valence-electron chi connectivity index (χ4n) is 1.75. The number of allylic oxidation sites excluding steroid dienone is 2. The number of piperidine rings is 1. The van der Waals surface area contributed by atoms with Crippen molar-refractivity contribution < 1.29 is 4.74 Å². The summed E-state index contributed by atoms with van der Waals surface area (Å²) in [6.45, 7) is 1.98. The number of rotatable bonds is 3. The Morgan fingerprint density at radius 3 is 2.33 bits per heavy atom. The summed E-state index contributed by atoms with van der Waals surface area (Å²) in [6, 6.07) is 0. The molecule has 1 aliphatic heterocycles. The Morgan fingerprint density at radius 1 is 1.27 bits per heavy atom. The van der Waals surface area contributed by atoms with Crippen molar-refractivity contribution in [3.8, 4) is 0 Å². The monoisotopic (exact) mass is 212 g/mol. The molecule has 1 rings (SSSR count). The minimum Gasteiger partial charge on any atom is -0.495 e. The van der Waals surface area contributed by atoms with Gasteiger partial charge in [0.1, 0.15) is 5.76 Å². The predicted molar refractivity (Wildman–Crippen MR) is 60.3 cm³/mol. The van der Waals surface area contributed by atoms with Gasteiger partial charge in [0.2, 0.25) is 0 Å². The zero-order valence-corrected chi connectivity index (χ0v) is 9.12. The molecule has 15 heavy (non-hydrogen) atoms. The van der Waals surface area contributed by atoms with Gasteiger partial charge in [0.25, 0.3) is 0 Å². The van der Waals surface area contributed by atoms with E-state index in [1.54, 1.807) is 13.2 Å². The van der Waals surface area contributed by atoms with E-state index in [0.717, 1.165) is 31.6 Å². The highest BCUT2D eigenvalue weighted by atomic mass is 16.5. The summed E-state index contributed by atoms with van der Waals surface area (Å²) in [6.07, 6.45) is 3.62. The predicted octanol–water partition coefficient (Wildman–Crippen LogP) is -0.438. The number of methoxy groups -OCH3 is 1. The van der Waals surface area contributed by atoms with E-state index in [4.69, 9.17) is 21.9 Å². The molecule has 1 heterocycles. The summed E-state index contributed by atoms with van der Waals surface area (Å²) in [7, 11) is 1.57. The van der Waals surface area contributed by atoms with Crippen LogP contribution in [0.3, 0.4) is 0 Å². The second-order valence-electron chi connectivity index (χ2n) is 3.69. The quantitative estimate of drug-likeness (QED) is 0.375. The average molecular weight is 212 g/mol. The summed E-state index contributed by atoms with van der Waals surface area (Å²) in [5, 5.41) is 3.28. The van der Waals surface area contributed by atoms with Crippen molar-refractivity contribution in [1.29, 1.82) is 0 Å². The lowest BCUT2D eigenvalue weighted by atomic mass is 9.94. The van der Waals surface area contributed by atoms with Crippen molar-refractivity contribution in [2.24, 2.45) is 23.1 Å². The zero-order chi connectivity index (χ0) is 11.3. The van der Waals surface area contributed by atoms with Gasteiger partial charge in [-0.15, -0.1) is 0 Å². The first-order chi connectivity index (χ1) is 7.15. The van der Waals surface area contributed by atoms with Gasteiger partial charge in [-0.25, -0.2) is 0 Å².